The molecule has 0 fully saturated rings. The minimum atomic E-state index is -0.121. The summed E-state index contributed by atoms with van der Waals surface area (Å²) in [5, 5.41) is 8.91. The van der Waals surface area contributed by atoms with Crippen LogP contribution in [0.3, 0.4) is 0 Å². The van der Waals surface area contributed by atoms with Gasteiger partial charge in [0.05, 0.1) is 30.5 Å². The van der Waals surface area contributed by atoms with Crippen LogP contribution in [0, 0.1) is 18.3 Å². The highest BCUT2D eigenvalue weighted by molar-refractivity contribution is 5.42. The van der Waals surface area contributed by atoms with Crippen LogP contribution < -0.4 is 5.69 Å². The molecule has 0 spiro atoms. The monoisotopic (exact) mass is 257 g/mol. The van der Waals surface area contributed by atoms with Crippen molar-refractivity contribution in [3.63, 3.8) is 0 Å². The number of aromatic nitrogens is 2. The molecule has 1 heterocycles. The quantitative estimate of drug-likeness (QED) is 0.833. The van der Waals surface area contributed by atoms with Crippen LogP contribution in [0.4, 0.5) is 0 Å². The molecular formula is C14H15N3O2. The van der Waals surface area contributed by atoms with Gasteiger partial charge in [0.25, 0.3) is 0 Å². The lowest BCUT2D eigenvalue weighted by atomic mass is 10.2. The molecule has 1 aromatic heterocycles. The first-order valence-electron chi connectivity index (χ1n) is 5.95. The van der Waals surface area contributed by atoms with Gasteiger partial charge in [-0.1, -0.05) is 6.07 Å². The van der Waals surface area contributed by atoms with Crippen molar-refractivity contribution in [2.24, 2.45) is 0 Å². The number of nitriles is 1. The molecule has 0 bridgehead atoms. The lowest BCUT2D eigenvalue weighted by Gasteiger charge is -2.04. The number of hydrogen-bond acceptors (Lipinski definition) is 3. The van der Waals surface area contributed by atoms with E-state index in [1.807, 2.05) is 13.0 Å². The van der Waals surface area contributed by atoms with Gasteiger partial charge < -0.3 is 4.74 Å². The van der Waals surface area contributed by atoms with Gasteiger partial charge >= 0.3 is 5.69 Å². The van der Waals surface area contributed by atoms with Crippen molar-refractivity contribution in [2.45, 2.75) is 13.5 Å². The van der Waals surface area contributed by atoms with E-state index in [4.69, 9.17) is 10.00 Å². The summed E-state index contributed by atoms with van der Waals surface area (Å²) in [6.07, 6.45) is 1.79. The second-order valence-corrected chi connectivity index (χ2v) is 4.24. The molecule has 5 heteroatoms. The van der Waals surface area contributed by atoms with Gasteiger partial charge in [-0.05, 0) is 25.1 Å². The van der Waals surface area contributed by atoms with E-state index >= 15 is 0 Å². The largest absolute Gasteiger partial charge is 0.383 e. The first-order valence-corrected chi connectivity index (χ1v) is 5.95. The maximum atomic E-state index is 12.3. The second-order valence-electron chi connectivity index (χ2n) is 4.24. The topological polar surface area (TPSA) is 59.9 Å². The number of benzene rings is 1. The molecule has 0 aliphatic rings. The van der Waals surface area contributed by atoms with E-state index < -0.39 is 0 Å². The number of hydrogen-bond donors (Lipinski definition) is 0. The van der Waals surface area contributed by atoms with E-state index in [1.54, 1.807) is 40.6 Å². The highest BCUT2D eigenvalue weighted by atomic mass is 16.5. The molecule has 0 aliphatic carbocycles. The average molecular weight is 257 g/mol. The van der Waals surface area contributed by atoms with Crippen molar-refractivity contribution in [2.75, 3.05) is 13.7 Å². The Bertz CT molecular complexity index is 677. The standard InChI is InChI=1S/C14H15N3O2/c1-11-10-16(6-7-19-2)14(18)17(11)13-5-3-4-12(8-13)9-15/h3-5,8,10H,6-7H2,1-2H3. The van der Waals surface area contributed by atoms with E-state index in [2.05, 4.69) is 6.07 Å². The Morgan fingerprint density at radius 2 is 2.21 bits per heavy atom. The van der Waals surface area contributed by atoms with Crippen LogP contribution >= 0.6 is 0 Å². The van der Waals surface area contributed by atoms with Crippen molar-refractivity contribution < 1.29 is 4.74 Å². The Kier molecular flexibility index (Phi) is 3.83. The summed E-state index contributed by atoms with van der Waals surface area (Å²) >= 11 is 0. The number of imidazole rings is 1. The third kappa shape index (κ3) is 2.59. The van der Waals surface area contributed by atoms with Gasteiger partial charge in [-0.15, -0.1) is 0 Å². The third-order valence-electron chi connectivity index (χ3n) is 2.90. The predicted octanol–water partition coefficient (Wildman–Crippen LogP) is 1.47. The summed E-state index contributed by atoms with van der Waals surface area (Å²) in [6, 6.07) is 9.08. The molecule has 2 rings (SSSR count). The Labute approximate surface area is 111 Å². The predicted molar refractivity (Wildman–Crippen MR) is 71.4 cm³/mol. The van der Waals surface area contributed by atoms with Crippen molar-refractivity contribution in [1.29, 1.82) is 5.26 Å². The average Bonchev–Trinajstić information content (AvgIpc) is 2.71. The maximum Gasteiger partial charge on any atom is 0.333 e. The van der Waals surface area contributed by atoms with Gasteiger partial charge in [-0.3, -0.25) is 9.13 Å². The van der Waals surface area contributed by atoms with E-state index in [1.165, 1.54) is 0 Å². The Hall–Kier alpha value is -2.32. The van der Waals surface area contributed by atoms with Crippen LogP contribution in [0.15, 0.2) is 35.3 Å². The molecule has 2 aromatic rings. The zero-order valence-corrected chi connectivity index (χ0v) is 11.0. The minimum Gasteiger partial charge on any atom is -0.383 e. The molecule has 0 saturated carbocycles. The normalized spacial score (nSPS) is 10.4. The summed E-state index contributed by atoms with van der Waals surface area (Å²) in [5.41, 5.74) is 1.95. The van der Waals surface area contributed by atoms with Gasteiger partial charge in [0.15, 0.2) is 0 Å². The van der Waals surface area contributed by atoms with Crippen LogP contribution in [-0.4, -0.2) is 22.9 Å². The highest BCUT2D eigenvalue weighted by Crippen LogP contribution is 2.11. The summed E-state index contributed by atoms with van der Waals surface area (Å²) in [5.74, 6) is 0. The molecule has 0 N–H and O–H groups in total. The molecule has 0 saturated heterocycles. The molecule has 5 nitrogen and oxygen atoms in total. The molecule has 0 unspecified atom stereocenters. The van der Waals surface area contributed by atoms with Gasteiger partial charge in [-0.25, -0.2) is 4.79 Å². The number of nitrogens with zero attached hydrogens (tertiary/aromatic N) is 3. The molecule has 0 amide bonds. The van der Waals surface area contributed by atoms with E-state index in [9.17, 15) is 4.79 Å². The Morgan fingerprint density at radius 1 is 1.42 bits per heavy atom. The van der Waals surface area contributed by atoms with Crippen molar-refractivity contribution in [3.05, 3.63) is 52.2 Å². The van der Waals surface area contributed by atoms with Crippen molar-refractivity contribution in [1.82, 2.24) is 9.13 Å². The first kappa shape index (κ1) is 13.1. The highest BCUT2D eigenvalue weighted by Gasteiger charge is 2.10. The number of rotatable bonds is 4. The molecule has 0 radical (unpaired) electrons. The maximum absolute atomic E-state index is 12.3. The number of methoxy groups -OCH3 is 1. The fraction of sp³-hybridized carbons (Fsp3) is 0.286. The fourth-order valence-corrected chi connectivity index (χ4v) is 2.00. The zero-order chi connectivity index (χ0) is 13.8. The second kappa shape index (κ2) is 5.55. The smallest absolute Gasteiger partial charge is 0.333 e. The fourth-order valence-electron chi connectivity index (χ4n) is 2.00. The van der Waals surface area contributed by atoms with Crippen LogP contribution in [0.2, 0.25) is 0 Å². The van der Waals surface area contributed by atoms with Gasteiger partial charge in [0.1, 0.15) is 0 Å². The third-order valence-corrected chi connectivity index (χ3v) is 2.90. The summed E-state index contributed by atoms with van der Waals surface area (Å²) in [7, 11) is 1.60. The minimum absolute atomic E-state index is 0.121. The van der Waals surface area contributed by atoms with Crippen molar-refractivity contribution in [3.8, 4) is 11.8 Å². The molecule has 0 atom stereocenters. The number of aryl methyl sites for hydroxylation is 1. The van der Waals surface area contributed by atoms with Gasteiger partial charge in [0, 0.05) is 19.0 Å². The summed E-state index contributed by atoms with van der Waals surface area (Å²) in [4.78, 5) is 12.3. The van der Waals surface area contributed by atoms with Crippen LogP contribution in [0.25, 0.3) is 5.69 Å². The van der Waals surface area contributed by atoms with Crippen LogP contribution in [0.5, 0.6) is 0 Å². The molecular weight excluding hydrogens is 242 g/mol. The first-order chi connectivity index (χ1) is 9.17. The lowest BCUT2D eigenvalue weighted by Crippen LogP contribution is -2.24. The van der Waals surface area contributed by atoms with E-state index in [0.717, 1.165) is 5.69 Å². The molecule has 98 valence electrons. The zero-order valence-electron chi connectivity index (χ0n) is 11.0. The Balaban J connectivity index is 2.48. The lowest BCUT2D eigenvalue weighted by molar-refractivity contribution is 0.186. The summed E-state index contributed by atoms with van der Waals surface area (Å²) in [6.45, 7) is 2.87. The Morgan fingerprint density at radius 3 is 2.89 bits per heavy atom. The SMILES string of the molecule is COCCn1cc(C)n(-c2cccc(C#N)c2)c1=O. The van der Waals surface area contributed by atoms with E-state index in [0.29, 0.717) is 24.4 Å². The van der Waals surface area contributed by atoms with Gasteiger partial charge in [-0.2, -0.15) is 5.26 Å². The van der Waals surface area contributed by atoms with E-state index in [-0.39, 0.29) is 5.69 Å². The van der Waals surface area contributed by atoms with Crippen molar-refractivity contribution >= 4 is 0 Å². The number of ether oxygens (including phenoxy) is 1. The van der Waals surface area contributed by atoms with Crippen LogP contribution in [0.1, 0.15) is 11.3 Å². The molecule has 0 aliphatic heterocycles. The molecule has 1 aromatic carbocycles. The molecule has 19 heavy (non-hydrogen) atoms. The van der Waals surface area contributed by atoms with Crippen LogP contribution in [-0.2, 0) is 11.3 Å². The summed E-state index contributed by atoms with van der Waals surface area (Å²) < 4.78 is 8.18. The van der Waals surface area contributed by atoms with Gasteiger partial charge in [0.2, 0.25) is 0 Å².